The number of nitrogens with one attached hydrogen (secondary N) is 1. The molecule has 0 amide bonds. The van der Waals surface area contributed by atoms with Gasteiger partial charge in [0.25, 0.3) is 5.56 Å². The van der Waals surface area contributed by atoms with Gasteiger partial charge >= 0.3 is 5.69 Å². The first kappa shape index (κ1) is 16.2. The molecule has 1 aromatic heterocycles. The fraction of sp³-hybridized carbons (Fsp3) is 0.636. The van der Waals surface area contributed by atoms with Crippen molar-refractivity contribution in [1.82, 2.24) is 9.55 Å². The molecule has 0 saturated carbocycles. The predicted molar refractivity (Wildman–Crippen MR) is 71.9 cm³/mol. The lowest BCUT2D eigenvalue weighted by atomic mass is 10.2. The number of nitrogens with zero attached hydrogens (tertiary/aromatic N) is 4. The highest BCUT2D eigenvalue weighted by atomic mass is 16.5. The van der Waals surface area contributed by atoms with E-state index in [0.717, 1.165) is 10.8 Å². The van der Waals surface area contributed by atoms with Crippen molar-refractivity contribution in [3.63, 3.8) is 0 Å². The Labute approximate surface area is 123 Å². The lowest BCUT2D eigenvalue weighted by molar-refractivity contribution is -0.0461. The van der Waals surface area contributed by atoms with E-state index in [4.69, 9.17) is 15.4 Å². The summed E-state index contributed by atoms with van der Waals surface area (Å²) < 4.78 is 6.33. The van der Waals surface area contributed by atoms with E-state index < -0.39 is 42.4 Å². The van der Waals surface area contributed by atoms with Crippen LogP contribution in [0.1, 0.15) is 24.3 Å². The van der Waals surface area contributed by atoms with Gasteiger partial charge in [-0.25, -0.2) is 4.79 Å². The largest absolute Gasteiger partial charge is 0.394 e. The summed E-state index contributed by atoms with van der Waals surface area (Å²) in [6.45, 7) is -0.784. The van der Waals surface area contributed by atoms with Crippen LogP contribution in [0.5, 0.6) is 0 Å². The number of aromatic nitrogens is 2. The number of azide groups is 1. The minimum atomic E-state index is -1.38. The van der Waals surface area contributed by atoms with E-state index in [9.17, 15) is 19.8 Å². The molecule has 11 nitrogen and oxygen atoms in total. The van der Waals surface area contributed by atoms with Gasteiger partial charge in [0.15, 0.2) is 0 Å². The molecule has 0 bridgehead atoms. The Bertz CT molecular complexity index is 693. The first-order valence-corrected chi connectivity index (χ1v) is 6.46. The molecule has 1 unspecified atom stereocenters. The molecule has 1 fully saturated rings. The minimum absolute atomic E-state index is 0.0447. The van der Waals surface area contributed by atoms with Crippen LogP contribution in [0.25, 0.3) is 10.4 Å². The van der Waals surface area contributed by atoms with Crippen molar-refractivity contribution < 1.29 is 20.1 Å². The molecule has 1 saturated heterocycles. The molecule has 1 aromatic rings. The molecule has 4 N–H and O–H groups in total. The monoisotopic (exact) mass is 313 g/mol. The second kappa shape index (κ2) is 6.73. The van der Waals surface area contributed by atoms with Crippen molar-refractivity contribution in [2.75, 3.05) is 13.2 Å². The second-order valence-electron chi connectivity index (χ2n) is 4.80. The molecule has 0 aliphatic carbocycles. The van der Waals surface area contributed by atoms with Gasteiger partial charge < -0.3 is 20.1 Å². The van der Waals surface area contributed by atoms with E-state index in [0.29, 0.717) is 0 Å². The Morgan fingerprint density at radius 3 is 2.91 bits per heavy atom. The van der Waals surface area contributed by atoms with E-state index in [1.165, 1.54) is 0 Å². The topological polar surface area (TPSA) is 174 Å². The molecule has 1 aliphatic heterocycles. The highest BCUT2D eigenvalue weighted by molar-refractivity contribution is 5.09. The van der Waals surface area contributed by atoms with Gasteiger partial charge in [-0.3, -0.25) is 14.3 Å². The standard InChI is InChI=1S/C11H15N5O6/c12-15-13-2-7(19)5-3-16(11(21)14-10(5)20)9-1-6(18)8(4-17)22-9/h3,6-9,17-19H,1-2,4H2,(H,14,20,21)/t6-,7?,8+,9+/m0/s1. The van der Waals surface area contributed by atoms with Crippen molar-refractivity contribution in [2.24, 2.45) is 5.11 Å². The van der Waals surface area contributed by atoms with Crippen molar-refractivity contribution in [3.05, 3.63) is 43.0 Å². The van der Waals surface area contributed by atoms with Crippen molar-refractivity contribution in [2.45, 2.75) is 31.0 Å². The van der Waals surface area contributed by atoms with Crippen LogP contribution in [0.4, 0.5) is 0 Å². The zero-order valence-electron chi connectivity index (χ0n) is 11.4. The van der Waals surface area contributed by atoms with Gasteiger partial charge in [-0.2, -0.15) is 0 Å². The lowest BCUT2D eigenvalue weighted by Crippen LogP contribution is -2.35. The van der Waals surface area contributed by atoms with Gasteiger partial charge in [-0.1, -0.05) is 5.11 Å². The van der Waals surface area contributed by atoms with Crippen LogP contribution >= 0.6 is 0 Å². The third-order valence-corrected chi connectivity index (χ3v) is 3.37. The fourth-order valence-electron chi connectivity index (χ4n) is 2.21. The maximum absolute atomic E-state index is 11.8. The Kier molecular flexibility index (Phi) is 4.96. The molecule has 2 rings (SSSR count). The number of H-pyrrole nitrogens is 1. The van der Waals surface area contributed by atoms with Crippen LogP contribution in [0, 0.1) is 0 Å². The summed E-state index contributed by atoms with van der Waals surface area (Å²) in [6, 6.07) is 0. The summed E-state index contributed by atoms with van der Waals surface area (Å²) in [6.07, 6.45) is -2.92. The number of rotatable bonds is 5. The normalized spacial score (nSPS) is 25.7. The quantitative estimate of drug-likeness (QED) is 0.293. The van der Waals surface area contributed by atoms with Gasteiger partial charge in [-0.15, -0.1) is 0 Å². The van der Waals surface area contributed by atoms with Crippen LogP contribution in [0.15, 0.2) is 20.9 Å². The zero-order valence-corrected chi connectivity index (χ0v) is 11.4. The highest BCUT2D eigenvalue weighted by Gasteiger charge is 2.35. The summed E-state index contributed by atoms with van der Waals surface area (Å²) in [7, 11) is 0. The molecule has 22 heavy (non-hydrogen) atoms. The van der Waals surface area contributed by atoms with Crippen LogP contribution in [-0.4, -0.2) is 50.2 Å². The Hall–Kier alpha value is -2.17. The molecule has 0 radical (unpaired) electrons. The van der Waals surface area contributed by atoms with E-state index in [1.54, 1.807) is 0 Å². The van der Waals surface area contributed by atoms with Gasteiger partial charge in [0.1, 0.15) is 12.3 Å². The van der Waals surface area contributed by atoms with Gasteiger partial charge in [0.05, 0.1) is 30.9 Å². The number of hydrogen-bond acceptors (Lipinski definition) is 7. The predicted octanol–water partition coefficient (Wildman–Crippen LogP) is -1.48. The molecular weight excluding hydrogens is 298 g/mol. The first-order valence-electron chi connectivity index (χ1n) is 6.46. The summed E-state index contributed by atoms with van der Waals surface area (Å²) in [5, 5.41) is 31.7. The molecule has 120 valence electrons. The third kappa shape index (κ3) is 3.18. The maximum atomic E-state index is 11.8. The van der Waals surface area contributed by atoms with Crippen LogP contribution in [0.2, 0.25) is 0 Å². The van der Waals surface area contributed by atoms with Crippen LogP contribution < -0.4 is 11.2 Å². The van der Waals surface area contributed by atoms with Crippen molar-refractivity contribution >= 4 is 0 Å². The molecule has 1 aliphatic rings. The third-order valence-electron chi connectivity index (χ3n) is 3.37. The van der Waals surface area contributed by atoms with Crippen LogP contribution in [-0.2, 0) is 4.74 Å². The number of hydrogen-bond donors (Lipinski definition) is 4. The molecule has 0 aromatic carbocycles. The Morgan fingerprint density at radius 1 is 1.59 bits per heavy atom. The molecule has 4 atom stereocenters. The second-order valence-corrected chi connectivity index (χ2v) is 4.80. The molecule has 11 heteroatoms. The van der Waals surface area contributed by atoms with Crippen molar-refractivity contribution in [3.8, 4) is 0 Å². The number of aliphatic hydroxyl groups excluding tert-OH is 3. The molecular formula is C11H15N5O6. The van der Waals surface area contributed by atoms with E-state index in [1.807, 2.05) is 4.98 Å². The summed E-state index contributed by atoms with van der Waals surface area (Å²) >= 11 is 0. The lowest BCUT2D eigenvalue weighted by Gasteiger charge is -2.16. The maximum Gasteiger partial charge on any atom is 0.330 e. The van der Waals surface area contributed by atoms with Gasteiger partial charge in [-0.05, 0) is 5.53 Å². The summed E-state index contributed by atoms with van der Waals surface area (Å²) in [5.41, 5.74) is 6.47. The zero-order chi connectivity index (χ0) is 16.3. The average molecular weight is 313 g/mol. The van der Waals surface area contributed by atoms with E-state index >= 15 is 0 Å². The SMILES string of the molecule is [N-]=[N+]=NCC(O)c1cn([C@H]2C[C@H](O)[C@@H](CO)O2)c(=O)[nH]c1=O. The number of aromatic amines is 1. The number of ether oxygens (including phenoxy) is 1. The molecule has 0 spiro atoms. The Balaban J connectivity index is 2.35. The average Bonchev–Trinajstić information content (AvgIpc) is 2.85. The fourth-order valence-corrected chi connectivity index (χ4v) is 2.21. The smallest absolute Gasteiger partial charge is 0.330 e. The summed E-state index contributed by atoms with van der Waals surface area (Å²) in [5.74, 6) is 0. The Morgan fingerprint density at radius 2 is 2.32 bits per heavy atom. The minimum Gasteiger partial charge on any atom is -0.394 e. The van der Waals surface area contributed by atoms with Gasteiger partial charge in [0.2, 0.25) is 0 Å². The first-order chi connectivity index (χ1) is 10.5. The van der Waals surface area contributed by atoms with E-state index in [-0.39, 0.29) is 18.5 Å². The van der Waals surface area contributed by atoms with Crippen LogP contribution in [0.3, 0.4) is 0 Å². The van der Waals surface area contributed by atoms with E-state index in [2.05, 4.69) is 10.0 Å². The van der Waals surface area contributed by atoms with Gasteiger partial charge in [0, 0.05) is 17.5 Å². The molecule has 2 heterocycles. The number of aliphatic hydroxyl groups is 3. The summed E-state index contributed by atoms with van der Waals surface area (Å²) in [4.78, 5) is 28.0. The highest BCUT2D eigenvalue weighted by Crippen LogP contribution is 2.27. The van der Waals surface area contributed by atoms with Crippen molar-refractivity contribution in [1.29, 1.82) is 0 Å².